The van der Waals surface area contributed by atoms with Crippen LogP contribution in [0.25, 0.3) is 0 Å². The highest BCUT2D eigenvalue weighted by Crippen LogP contribution is 2.35. The van der Waals surface area contributed by atoms with Crippen molar-refractivity contribution in [3.8, 4) is 0 Å². The lowest BCUT2D eigenvalue weighted by molar-refractivity contribution is -0.162. The van der Waals surface area contributed by atoms with Crippen molar-refractivity contribution < 1.29 is 23.9 Å². The molecule has 0 radical (unpaired) electrons. The molecule has 0 saturated carbocycles. The molecule has 0 saturated heterocycles. The number of carbonyl (C=O) groups is 3. The molecular formula is C17H18N4O5. The van der Waals surface area contributed by atoms with Crippen molar-refractivity contribution in [2.45, 2.75) is 6.04 Å². The van der Waals surface area contributed by atoms with Gasteiger partial charge < -0.3 is 14.8 Å². The van der Waals surface area contributed by atoms with Gasteiger partial charge in [-0.05, 0) is 11.1 Å². The summed E-state index contributed by atoms with van der Waals surface area (Å²) in [5.41, 5.74) is 1.39. The molecule has 0 bridgehead atoms. The van der Waals surface area contributed by atoms with Crippen LogP contribution >= 0.6 is 0 Å². The van der Waals surface area contributed by atoms with Crippen molar-refractivity contribution in [2.75, 3.05) is 27.3 Å². The second-order valence-electron chi connectivity index (χ2n) is 5.65. The third-order valence-corrected chi connectivity index (χ3v) is 4.21. The molecule has 2 heterocycles. The van der Waals surface area contributed by atoms with Crippen molar-refractivity contribution in [1.29, 1.82) is 0 Å². The molecule has 3 rings (SSSR count). The number of nitrogens with one attached hydrogen (secondary N) is 1. The molecule has 2 atom stereocenters. The van der Waals surface area contributed by atoms with Gasteiger partial charge in [-0.2, -0.15) is 5.10 Å². The maximum atomic E-state index is 12.6. The zero-order valence-electron chi connectivity index (χ0n) is 14.3. The number of fused-ring (bicyclic) bond motifs is 1. The average molecular weight is 358 g/mol. The lowest BCUT2D eigenvalue weighted by Gasteiger charge is -2.35. The van der Waals surface area contributed by atoms with Crippen LogP contribution in [0.5, 0.6) is 0 Å². The van der Waals surface area contributed by atoms with E-state index in [4.69, 9.17) is 4.74 Å². The van der Waals surface area contributed by atoms with Gasteiger partial charge in [-0.25, -0.2) is 14.8 Å². The molecule has 0 unspecified atom stereocenters. The monoisotopic (exact) mass is 358 g/mol. The second-order valence-corrected chi connectivity index (χ2v) is 5.65. The Labute approximate surface area is 149 Å². The number of hydrogen-bond donors (Lipinski definition) is 1. The Bertz CT molecular complexity index is 804. The number of hydrogen-bond acceptors (Lipinski definition) is 9. The largest absolute Gasteiger partial charge is 0.468 e. The number of ether oxygens (including phenoxy) is 2. The summed E-state index contributed by atoms with van der Waals surface area (Å²) in [4.78, 5) is 41.3. The van der Waals surface area contributed by atoms with Gasteiger partial charge in [0.1, 0.15) is 6.04 Å². The highest BCUT2D eigenvalue weighted by molar-refractivity contribution is 6.38. The molecule has 1 aromatic carbocycles. The van der Waals surface area contributed by atoms with Crippen molar-refractivity contribution in [2.24, 2.45) is 16.0 Å². The van der Waals surface area contributed by atoms with E-state index in [1.165, 1.54) is 5.01 Å². The van der Waals surface area contributed by atoms with Crippen molar-refractivity contribution in [1.82, 2.24) is 10.3 Å². The number of rotatable bonds is 4. The molecule has 1 N–H and O–H groups in total. The summed E-state index contributed by atoms with van der Waals surface area (Å²) in [7, 11) is 2.25. The molecule has 0 fully saturated rings. The van der Waals surface area contributed by atoms with Crippen LogP contribution in [0.1, 0.15) is 17.2 Å². The van der Waals surface area contributed by atoms with Crippen LogP contribution in [0.3, 0.4) is 0 Å². The summed E-state index contributed by atoms with van der Waals surface area (Å²) in [6, 6.07) is 6.29. The molecule has 9 heteroatoms. The van der Waals surface area contributed by atoms with Gasteiger partial charge in [0, 0.05) is 6.54 Å². The third kappa shape index (κ3) is 3.03. The van der Waals surface area contributed by atoms with Gasteiger partial charge in [0.2, 0.25) is 5.96 Å². The minimum Gasteiger partial charge on any atom is -0.468 e. The Morgan fingerprint density at radius 1 is 1.23 bits per heavy atom. The van der Waals surface area contributed by atoms with E-state index in [1.807, 2.05) is 12.1 Å². The zero-order chi connectivity index (χ0) is 18.7. The fraction of sp³-hybridized carbons (Fsp3) is 0.353. The first-order valence-electron chi connectivity index (χ1n) is 7.99. The summed E-state index contributed by atoms with van der Waals surface area (Å²) in [5.74, 6) is -3.99. The molecule has 0 aliphatic carbocycles. The molecule has 2 aliphatic heterocycles. The van der Waals surface area contributed by atoms with Crippen LogP contribution in [0.2, 0.25) is 0 Å². The Hall–Kier alpha value is -3.23. The Balaban J connectivity index is 2.12. The summed E-state index contributed by atoms with van der Waals surface area (Å²) in [6.07, 6.45) is 1.62. The van der Waals surface area contributed by atoms with E-state index in [2.05, 4.69) is 20.1 Å². The number of esters is 2. The van der Waals surface area contributed by atoms with E-state index in [-0.39, 0.29) is 0 Å². The summed E-state index contributed by atoms with van der Waals surface area (Å²) < 4.78 is 9.33. The topological polar surface area (TPSA) is 110 Å². The highest BCUT2D eigenvalue weighted by atomic mass is 16.5. The number of aliphatic imine (C=N–C) groups is 1. The smallest absolute Gasteiger partial charge is 0.375 e. The molecule has 9 nitrogen and oxygen atoms in total. The number of carbonyl (C=O) groups excluding carboxylic acids is 3. The predicted octanol–water partition coefficient (Wildman–Crippen LogP) is -0.132. The van der Waals surface area contributed by atoms with Crippen LogP contribution in [0, 0.1) is 5.92 Å². The van der Waals surface area contributed by atoms with Crippen LogP contribution in [0.4, 0.5) is 0 Å². The lowest BCUT2D eigenvalue weighted by Crippen LogP contribution is -2.48. The van der Waals surface area contributed by atoms with E-state index in [9.17, 15) is 14.4 Å². The molecule has 1 aromatic rings. The minimum atomic E-state index is -1.45. The number of methoxy groups -OCH3 is 2. The molecule has 136 valence electrons. The first kappa shape index (κ1) is 17.6. The Morgan fingerprint density at radius 3 is 2.65 bits per heavy atom. The van der Waals surface area contributed by atoms with E-state index >= 15 is 0 Å². The SMILES string of the molecule is COC(=O)C(=O)[C@@H](C(=O)OC)[C@@H]1c2ccccc2C=NN1C1=NCCN1. The van der Waals surface area contributed by atoms with Crippen LogP contribution in [0.15, 0.2) is 34.4 Å². The maximum Gasteiger partial charge on any atom is 0.375 e. The van der Waals surface area contributed by atoms with Gasteiger partial charge in [0.25, 0.3) is 5.78 Å². The van der Waals surface area contributed by atoms with Gasteiger partial charge >= 0.3 is 11.9 Å². The standard InChI is InChI=1S/C17H18N4O5/c1-25-15(23)12(14(22)16(24)26-2)13-11-6-4-3-5-10(11)9-20-21(13)17-18-7-8-19-17/h3-6,9,12-13H,7-8H2,1-2H3,(H,18,19)/t12-,13-/m0/s1. The van der Waals surface area contributed by atoms with Crippen LogP contribution in [-0.2, 0) is 23.9 Å². The van der Waals surface area contributed by atoms with E-state index in [0.29, 0.717) is 24.6 Å². The summed E-state index contributed by atoms with van der Waals surface area (Å²) >= 11 is 0. The number of nitrogens with zero attached hydrogens (tertiary/aromatic N) is 3. The fourth-order valence-electron chi connectivity index (χ4n) is 3.01. The predicted molar refractivity (Wildman–Crippen MR) is 91.4 cm³/mol. The normalized spacial score (nSPS) is 19.1. The van der Waals surface area contributed by atoms with E-state index in [0.717, 1.165) is 19.8 Å². The lowest BCUT2D eigenvalue weighted by atomic mass is 9.86. The number of ketones is 1. The number of benzene rings is 1. The van der Waals surface area contributed by atoms with Gasteiger partial charge in [-0.3, -0.25) is 9.59 Å². The molecule has 0 amide bonds. The number of hydrazone groups is 1. The zero-order valence-corrected chi connectivity index (χ0v) is 14.3. The highest BCUT2D eigenvalue weighted by Gasteiger charge is 2.46. The summed E-state index contributed by atoms with van der Waals surface area (Å²) in [6.45, 7) is 1.16. The molecule has 26 heavy (non-hydrogen) atoms. The van der Waals surface area contributed by atoms with E-state index < -0.39 is 29.7 Å². The van der Waals surface area contributed by atoms with E-state index in [1.54, 1.807) is 18.3 Å². The molecule has 2 aliphatic rings. The van der Waals surface area contributed by atoms with Crippen molar-refractivity contribution >= 4 is 29.9 Å². The quantitative estimate of drug-likeness (QED) is 0.453. The first-order chi connectivity index (χ1) is 12.6. The molecule has 0 spiro atoms. The average Bonchev–Trinajstić information content (AvgIpc) is 3.21. The van der Waals surface area contributed by atoms with Crippen molar-refractivity contribution in [3.05, 3.63) is 35.4 Å². The summed E-state index contributed by atoms with van der Waals surface area (Å²) in [5, 5.41) is 8.85. The second kappa shape index (κ2) is 7.34. The van der Waals surface area contributed by atoms with Gasteiger partial charge in [0.15, 0.2) is 5.92 Å². The van der Waals surface area contributed by atoms with Gasteiger partial charge in [-0.15, -0.1) is 0 Å². The maximum absolute atomic E-state index is 12.6. The fourth-order valence-corrected chi connectivity index (χ4v) is 3.01. The van der Waals surface area contributed by atoms with Gasteiger partial charge in [-0.1, -0.05) is 24.3 Å². The first-order valence-corrected chi connectivity index (χ1v) is 7.99. The molecule has 0 aromatic heterocycles. The van der Waals surface area contributed by atoms with Crippen LogP contribution < -0.4 is 5.32 Å². The van der Waals surface area contributed by atoms with Crippen LogP contribution in [-0.4, -0.2) is 62.2 Å². The molecular weight excluding hydrogens is 340 g/mol. The Kier molecular flexibility index (Phi) is 4.97. The minimum absolute atomic E-state index is 0.423. The Morgan fingerprint density at radius 2 is 2.00 bits per heavy atom. The van der Waals surface area contributed by atoms with Crippen molar-refractivity contribution in [3.63, 3.8) is 0 Å². The number of Topliss-reactive ketones (excluding diaryl/α,β-unsaturated/α-hetero) is 1. The van der Waals surface area contributed by atoms with Gasteiger partial charge in [0.05, 0.1) is 27.0 Å². The third-order valence-electron chi connectivity index (χ3n) is 4.21. The number of guanidine groups is 1.